The topological polar surface area (TPSA) is 51.0 Å². The summed E-state index contributed by atoms with van der Waals surface area (Å²) in [7, 11) is 5.34. The predicted molar refractivity (Wildman–Crippen MR) is 75.2 cm³/mol. The summed E-state index contributed by atoms with van der Waals surface area (Å²) < 4.78 is 1.71. The van der Waals surface area contributed by atoms with Gasteiger partial charge >= 0.3 is 0 Å². The molecule has 1 amide bonds. The molecule has 0 radical (unpaired) electrons. The van der Waals surface area contributed by atoms with Gasteiger partial charge in [0.05, 0.1) is 17.1 Å². The first-order valence-corrected chi connectivity index (χ1v) is 6.26. The molecule has 0 unspecified atom stereocenters. The van der Waals surface area contributed by atoms with Gasteiger partial charge in [0.25, 0.3) is 5.91 Å². The third-order valence-electron chi connectivity index (χ3n) is 3.11. The highest BCUT2D eigenvalue weighted by atomic mass is 16.2. The molecule has 0 bridgehead atoms. The minimum absolute atomic E-state index is 0.0223. The first-order valence-electron chi connectivity index (χ1n) is 6.26. The number of rotatable bonds is 1. The Labute approximate surface area is 113 Å². The average molecular weight is 260 g/mol. The van der Waals surface area contributed by atoms with E-state index in [0.29, 0.717) is 5.56 Å². The summed E-state index contributed by atoms with van der Waals surface area (Å²) in [5.74, 6) is -0.0223. The number of pyridine rings is 1. The first kappa shape index (κ1) is 13.5. The van der Waals surface area contributed by atoms with E-state index < -0.39 is 0 Å². The Morgan fingerprint density at radius 1 is 1.32 bits per heavy atom. The van der Waals surface area contributed by atoms with E-state index in [0.717, 1.165) is 16.7 Å². The van der Waals surface area contributed by atoms with Crippen molar-refractivity contribution in [1.82, 2.24) is 19.7 Å². The van der Waals surface area contributed by atoms with Gasteiger partial charge in [0.15, 0.2) is 5.65 Å². The van der Waals surface area contributed by atoms with Gasteiger partial charge in [0.2, 0.25) is 0 Å². The van der Waals surface area contributed by atoms with Crippen LogP contribution in [0.3, 0.4) is 0 Å². The molecule has 2 aromatic heterocycles. The Morgan fingerprint density at radius 3 is 2.47 bits per heavy atom. The third-order valence-corrected chi connectivity index (χ3v) is 3.11. The molecule has 0 fully saturated rings. The summed E-state index contributed by atoms with van der Waals surface area (Å²) in [4.78, 5) is 18.5. The quantitative estimate of drug-likeness (QED) is 0.787. The second kappa shape index (κ2) is 4.33. The van der Waals surface area contributed by atoms with Gasteiger partial charge in [-0.15, -0.1) is 0 Å². The summed E-state index contributed by atoms with van der Waals surface area (Å²) in [5.41, 5.74) is 2.19. The van der Waals surface area contributed by atoms with E-state index in [1.807, 2.05) is 13.1 Å². The van der Waals surface area contributed by atoms with Crippen LogP contribution in [0.15, 0.2) is 12.3 Å². The summed E-state index contributed by atoms with van der Waals surface area (Å²) in [5, 5.41) is 5.00. The zero-order valence-corrected chi connectivity index (χ0v) is 12.4. The zero-order valence-electron chi connectivity index (χ0n) is 12.4. The van der Waals surface area contributed by atoms with E-state index in [1.54, 1.807) is 29.9 Å². The van der Waals surface area contributed by atoms with Gasteiger partial charge in [-0.2, -0.15) is 5.10 Å². The molecule has 5 nitrogen and oxygen atoms in total. The van der Waals surface area contributed by atoms with E-state index in [4.69, 9.17) is 0 Å². The highest BCUT2D eigenvalue weighted by Crippen LogP contribution is 2.26. The van der Waals surface area contributed by atoms with Crippen LogP contribution in [0.1, 0.15) is 36.8 Å². The molecule has 0 aromatic carbocycles. The number of amides is 1. The lowest BCUT2D eigenvalue weighted by atomic mass is 9.90. The normalized spacial score (nSPS) is 11.9. The molecule has 0 spiro atoms. The van der Waals surface area contributed by atoms with Crippen molar-refractivity contribution < 1.29 is 4.79 Å². The molecule has 102 valence electrons. The molecular weight excluding hydrogens is 240 g/mol. The van der Waals surface area contributed by atoms with Gasteiger partial charge in [-0.3, -0.25) is 9.48 Å². The highest BCUT2D eigenvalue weighted by Gasteiger charge is 2.22. The fourth-order valence-electron chi connectivity index (χ4n) is 1.92. The molecule has 0 aliphatic carbocycles. The number of carbonyl (C=O) groups is 1. The lowest BCUT2D eigenvalue weighted by molar-refractivity contribution is 0.0829. The van der Waals surface area contributed by atoms with Crippen molar-refractivity contribution in [3.8, 4) is 0 Å². The van der Waals surface area contributed by atoms with Gasteiger partial charge in [-0.05, 0) is 6.07 Å². The van der Waals surface area contributed by atoms with E-state index in [1.165, 1.54) is 0 Å². The summed E-state index contributed by atoms with van der Waals surface area (Å²) >= 11 is 0. The van der Waals surface area contributed by atoms with E-state index in [9.17, 15) is 4.79 Å². The number of nitrogens with zero attached hydrogens (tertiary/aromatic N) is 4. The van der Waals surface area contributed by atoms with Crippen LogP contribution in [0.5, 0.6) is 0 Å². The molecule has 0 saturated heterocycles. The lowest BCUT2D eigenvalue weighted by Gasteiger charge is -2.20. The summed E-state index contributed by atoms with van der Waals surface area (Å²) in [6.45, 7) is 6.25. The molecular formula is C14H20N4O. The molecule has 5 heteroatoms. The van der Waals surface area contributed by atoms with Crippen molar-refractivity contribution in [3.63, 3.8) is 0 Å². The van der Waals surface area contributed by atoms with Crippen molar-refractivity contribution in [2.75, 3.05) is 14.1 Å². The van der Waals surface area contributed by atoms with E-state index in [-0.39, 0.29) is 11.3 Å². The molecule has 2 aromatic rings. The van der Waals surface area contributed by atoms with Gasteiger partial charge in [0.1, 0.15) is 0 Å². The number of fused-ring (bicyclic) bond motifs is 1. The number of carbonyl (C=O) groups excluding carboxylic acids is 1. The SMILES string of the molecule is CN(C)C(=O)c1cc(C(C)(C)C)nc2c1cnn2C. The lowest BCUT2D eigenvalue weighted by Crippen LogP contribution is -2.23. The number of aromatic nitrogens is 3. The Balaban J connectivity index is 2.77. The van der Waals surface area contributed by atoms with Gasteiger partial charge in [-0.1, -0.05) is 20.8 Å². The van der Waals surface area contributed by atoms with E-state index >= 15 is 0 Å². The maximum Gasteiger partial charge on any atom is 0.254 e. The minimum Gasteiger partial charge on any atom is -0.345 e. The minimum atomic E-state index is -0.111. The number of hydrogen-bond donors (Lipinski definition) is 0. The average Bonchev–Trinajstić information content (AvgIpc) is 2.68. The smallest absolute Gasteiger partial charge is 0.254 e. The molecule has 2 heterocycles. The monoisotopic (exact) mass is 260 g/mol. The third kappa shape index (κ3) is 2.32. The predicted octanol–water partition coefficient (Wildman–Crippen LogP) is 1.97. The Hall–Kier alpha value is -1.91. The van der Waals surface area contributed by atoms with Crippen molar-refractivity contribution in [2.24, 2.45) is 7.05 Å². The highest BCUT2D eigenvalue weighted by molar-refractivity contribution is 6.05. The fraction of sp³-hybridized carbons (Fsp3) is 0.500. The molecule has 0 atom stereocenters. The molecule has 0 saturated carbocycles. The molecule has 0 N–H and O–H groups in total. The Bertz CT molecular complexity index is 635. The summed E-state index contributed by atoms with van der Waals surface area (Å²) in [6.07, 6.45) is 1.70. The second-order valence-corrected chi connectivity index (χ2v) is 6.01. The largest absolute Gasteiger partial charge is 0.345 e. The van der Waals surface area contributed by atoms with Crippen LogP contribution in [-0.4, -0.2) is 39.7 Å². The van der Waals surface area contributed by atoms with Crippen LogP contribution in [-0.2, 0) is 12.5 Å². The second-order valence-electron chi connectivity index (χ2n) is 6.01. The van der Waals surface area contributed by atoms with Crippen molar-refractivity contribution in [1.29, 1.82) is 0 Å². The van der Waals surface area contributed by atoms with Gasteiger partial charge < -0.3 is 4.90 Å². The van der Waals surface area contributed by atoms with E-state index in [2.05, 4.69) is 30.9 Å². The van der Waals surface area contributed by atoms with Crippen molar-refractivity contribution in [2.45, 2.75) is 26.2 Å². The Kier molecular flexibility index (Phi) is 3.08. The van der Waals surface area contributed by atoms with Crippen molar-refractivity contribution >= 4 is 16.9 Å². The maximum absolute atomic E-state index is 12.3. The van der Waals surface area contributed by atoms with Crippen LogP contribution in [0.2, 0.25) is 0 Å². The number of aryl methyl sites for hydroxylation is 1. The van der Waals surface area contributed by atoms with Crippen LogP contribution < -0.4 is 0 Å². The Morgan fingerprint density at radius 2 is 1.95 bits per heavy atom. The van der Waals surface area contributed by atoms with Crippen LogP contribution >= 0.6 is 0 Å². The summed E-state index contributed by atoms with van der Waals surface area (Å²) in [6, 6.07) is 1.88. The number of hydrogen-bond acceptors (Lipinski definition) is 3. The van der Waals surface area contributed by atoms with Gasteiger partial charge in [0, 0.05) is 32.3 Å². The van der Waals surface area contributed by atoms with Crippen LogP contribution in [0, 0.1) is 0 Å². The van der Waals surface area contributed by atoms with Gasteiger partial charge in [-0.25, -0.2) is 4.98 Å². The van der Waals surface area contributed by atoms with Crippen LogP contribution in [0.25, 0.3) is 11.0 Å². The molecule has 0 aliphatic rings. The fourth-order valence-corrected chi connectivity index (χ4v) is 1.92. The van der Waals surface area contributed by atoms with Crippen LogP contribution in [0.4, 0.5) is 0 Å². The molecule has 19 heavy (non-hydrogen) atoms. The molecule has 2 rings (SSSR count). The zero-order chi connectivity index (χ0) is 14.4. The van der Waals surface area contributed by atoms with Crippen molar-refractivity contribution in [3.05, 3.63) is 23.5 Å². The standard InChI is InChI=1S/C14H20N4O/c1-14(2,3)11-7-9(13(19)17(4)5)10-8-15-18(6)12(10)16-11/h7-8H,1-6H3. The molecule has 0 aliphatic heterocycles. The maximum atomic E-state index is 12.3. The first-order chi connectivity index (χ1) is 8.71.